The van der Waals surface area contributed by atoms with Crippen molar-refractivity contribution >= 4 is 29.0 Å². The van der Waals surface area contributed by atoms with E-state index in [0.29, 0.717) is 28.1 Å². The highest BCUT2D eigenvalue weighted by atomic mass is 32.1. The van der Waals surface area contributed by atoms with E-state index in [2.05, 4.69) is 27.0 Å². The number of hydrogen-bond donors (Lipinski definition) is 4. The molecule has 8 nitrogen and oxygen atoms in total. The predicted octanol–water partition coefficient (Wildman–Crippen LogP) is 4.54. The number of carbonyl (C=O) groups is 2. The van der Waals surface area contributed by atoms with E-state index in [9.17, 15) is 24.3 Å². The SMILES string of the molecule is N#Cc1c(-c2cccc(C(=O)NC3CCNC3)c2)cc(-c2ccc(F)cc2O)nc1NC(=O)c1cccs1. The third kappa shape index (κ3) is 5.25. The highest BCUT2D eigenvalue weighted by molar-refractivity contribution is 7.12. The van der Waals surface area contributed by atoms with Gasteiger partial charge in [0.25, 0.3) is 11.8 Å². The van der Waals surface area contributed by atoms with Gasteiger partial charge in [-0.2, -0.15) is 5.26 Å². The van der Waals surface area contributed by atoms with E-state index in [4.69, 9.17) is 0 Å². The number of hydrogen-bond acceptors (Lipinski definition) is 7. The molecule has 1 saturated heterocycles. The van der Waals surface area contributed by atoms with Crippen LogP contribution in [0.4, 0.5) is 10.2 Å². The first-order valence-electron chi connectivity index (χ1n) is 11.8. The maximum Gasteiger partial charge on any atom is 0.266 e. The van der Waals surface area contributed by atoms with Crippen LogP contribution in [0.1, 0.15) is 32.0 Å². The molecule has 1 fully saturated rings. The topological polar surface area (TPSA) is 127 Å². The summed E-state index contributed by atoms with van der Waals surface area (Å²) in [5.41, 5.74) is 1.84. The van der Waals surface area contributed by atoms with Crippen molar-refractivity contribution in [2.45, 2.75) is 12.5 Å². The second-order valence-electron chi connectivity index (χ2n) is 8.73. The van der Waals surface area contributed by atoms with Gasteiger partial charge in [-0.15, -0.1) is 11.3 Å². The molecule has 1 atom stereocenters. The number of rotatable bonds is 6. The molecule has 4 aromatic rings. The van der Waals surface area contributed by atoms with Crippen LogP contribution < -0.4 is 16.0 Å². The summed E-state index contributed by atoms with van der Waals surface area (Å²) >= 11 is 1.23. The number of halogens is 1. The lowest BCUT2D eigenvalue weighted by Gasteiger charge is -2.15. The Kier molecular flexibility index (Phi) is 7.13. The average molecular weight is 528 g/mol. The number of aromatic nitrogens is 1. The van der Waals surface area contributed by atoms with Crippen molar-refractivity contribution in [3.05, 3.63) is 87.9 Å². The monoisotopic (exact) mass is 527 g/mol. The smallest absolute Gasteiger partial charge is 0.266 e. The number of phenolic OH excluding ortho intramolecular Hbond substituents is 1. The number of benzene rings is 2. The molecule has 0 saturated carbocycles. The van der Waals surface area contributed by atoms with Gasteiger partial charge in [-0.1, -0.05) is 18.2 Å². The molecule has 38 heavy (non-hydrogen) atoms. The number of anilines is 1. The molecular weight excluding hydrogens is 505 g/mol. The van der Waals surface area contributed by atoms with Gasteiger partial charge in [0.05, 0.1) is 10.6 Å². The molecule has 0 bridgehead atoms. The van der Waals surface area contributed by atoms with E-state index in [1.807, 2.05) is 0 Å². The van der Waals surface area contributed by atoms with Crippen molar-refractivity contribution < 1.29 is 19.1 Å². The fourth-order valence-electron chi connectivity index (χ4n) is 4.29. The number of nitrogens with zero attached hydrogens (tertiary/aromatic N) is 2. The second kappa shape index (κ2) is 10.8. The Bertz CT molecular complexity index is 1560. The molecule has 2 aromatic carbocycles. The van der Waals surface area contributed by atoms with Crippen LogP contribution in [0.25, 0.3) is 22.4 Å². The van der Waals surface area contributed by atoms with Crippen molar-refractivity contribution in [1.82, 2.24) is 15.6 Å². The van der Waals surface area contributed by atoms with Crippen LogP contribution in [0.3, 0.4) is 0 Å². The van der Waals surface area contributed by atoms with E-state index in [1.165, 1.54) is 23.5 Å². The van der Waals surface area contributed by atoms with E-state index in [-0.39, 0.29) is 40.3 Å². The van der Waals surface area contributed by atoms with Crippen LogP contribution in [0.15, 0.2) is 66.0 Å². The fraction of sp³-hybridized carbons (Fsp3) is 0.143. The van der Waals surface area contributed by atoms with Crippen molar-refractivity contribution in [2.24, 2.45) is 0 Å². The minimum atomic E-state index is -0.623. The lowest BCUT2D eigenvalue weighted by atomic mass is 9.96. The Balaban J connectivity index is 1.61. The van der Waals surface area contributed by atoms with Crippen molar-refractivity contribution in [3.8, 4) is 34.2 Å². The van der Waals surface area contributed by atoms with Crippen molar-refractivity contribution in [3.63, 3.8) is 0 Å². The predicted molar refractivity (Wildman–Crippen MR) is 142 cm³/mol. The van der Waals surface area contributed by atoms with Crippen molar-refractivity contribution in [1.29, 1.82) is 5.26 Å². The molecule has 0 radical (unpaired) electrons. The Labute approximate surface area is 221 Å². The van der Waals surface area contributed by atoms with E-state index in [1.54, 1.807) is 47.8 Å². The Hall–Kier alpha value is -4.59. The zero-order chi connectivity index (χ0) is 26.6. The Morgan fingerprint density at radius 3 is 2.68 bits per heavy atom. The molecule has 10 heteroatoms. The number of nitrogens with one attached hydrogen (secondary N) is 3. The summed E-state index contributed by atoms with van der Waals surface area (Å²) < 4.78 is 13.7. The molecule has 1 aliphatic rings. The third-order valence-electron chi connectivity index (χ3n) is 6.18. The van der Waals surface area contributed by atoms with Crippen LogP contribution in [0.2, 0.25) is 0 Å². The largest absolute Gasteiger partial charge is 0.507 e. The van der Waals surface area contributed by atoms with E-state index < -0.39 is 11.7 Å². The maximum atomic E-state index is 13.7. The lowest BCUT2D eigenvalue weighted by molar-refractivity contribution is 0.0939. The molecule has 3 heterocycles. The van der Waals surface area contributed by atoms with Gasteiger partial charge < -0.3 is 21.1 Å². The molecule has 2 aromatic heterocycles. The Morgan fingerprint density at radius 1 is 1.11 bits per heavy atom. The number of phenols is 1. The summed E-state index contributed by atoms with van der Waals surface area (Å²) in [6.45, 7) is 1.54. The van der Waals surface area contributed by atoms with Crippen LogP contribution in [0.5, 0.6) is 5.75 Å². The minimum absolute atomic E-state index is 0.0194. The lowest BCUT2D eigenvalue weighted by Crippen LogP contribution is -2.36. The summed E-state index contributed by atoms with van der Waals surface area (Å²) in [6.07, 6.45) is 0.839. The first-order chi connectivity index (χ1) is 18.4. The third-order valence-corrected chi connectivity index (χ3v) is 7.04. The number of pyridine rings is 1. The highest BCUT2D eigenvalue weighted by Gasteiger charge is 2.21. The molecule has 190 valence electrons. The normalized spacial score (nSPS) is 14.6. The van der Waals surface area contributed by atoms with Crippen LogP contribution in [-0.4, -0.2) is 41.0 Å². The standard InChI is InChI=1S/C28H22FN5O3S/c29-18-6-7-20(24(35)12-18)23-13-21(22(14-30)26(33-23)34-28(37)25-5-2-10-38-25)16-3-1-4-17(11-16)27(36)32-19-8-9-31-15-19/h1-7,10-13,19,31,35H,8-9,15H2,(H,32,36)(H,33,34,37). The van der Waals surface area contributed by atoms with E-state index in [0.717, 1.165) is 19.0 Å². The molecule has 5 rings (SSSR count). The van der Waals surface area contributed by atoms with Gasteiger partial charge in [0.2, 0.25) is 0 Å². The number of thiophene rings is 1. The number of aromatic hydroxyl groups is 1. The fourth-order valence-corrected chi connectivity index (χ4v) is 4.91. The summed E-state index contributed by atoms with van der Waals surface area (Å²) in [5, 5.41) is 31.2. The van der Waals surface area contributed by atoms with Gasteiger partial charge in [0, 0.05) is 35.3 Å². The molecule has 0 spiro atoms. The molecule has 1 unspecified atom stereocenters. The first kappa shape index (κ1) is 25.1. The minimum Gasteiger partial charge on any atom is -0.507 e. The van der Waals surface area contributed by atoms with Crippen LogP contribution in [0, 0.1) is 17.1 Å². The maximum absolute atomic E-state index is 13.7. The van der Waals surface area contributed by atoms with Gasteiger partial charge >= 0.3 is 0 Å². The zero-order valence-electron chi connectivity index (χ0n) is 20.0. The molecule has 4 N–H and O–H groups in total. The molecule has 2 amide bonds. The quantitative estimate of drug-likeness (QED) is 0.292. The average Bonchev–Trinajstić information content (AvgIpc) is 3.63. The molecule has 1 aliphatic heterocycles. The van der Waals surface area contributed by atoms with Gasteiger partial charge in [0.1, 0.15) is 23.2 Å². The first-order valence-corrected chi connectivity index (χ1v) is 12.7. The number of carbonyl (C=O) groups excluding carboxylic acids is 2. The summed E-state index contributed by atoms with van der Waals surface area (Å²) in [4.78, 5) is 30.6. The molecule has 0 aliphatic carbocycles. The van der Waals surface area contributed by atoms with Gasteiger partial charge in [-0.25, -0.2) is 9.37 Å². The summed E-state index contributed by atoms with van der Waals surface area (Å²) in [5.74, 6) is -1.68. The van der Waals surface area contributed by atoms with Gasteiger partial charge in [-0.3, -0.25) is 9.59 Å². The molecular formula is C28H22FN5O3S. The summed E-state index contributed by atoms with van der Waals surface area (Å²) in [6, 6.07) is 17.4. The second-order valence-corrected chi connectivity index (χ2v) is 9.68. The number of amides is 2. The van der Waals surface area contributed by atoms with Gasteiger partial charge in [-0.05, 0) is 60.3 Å². The van der Waals surface area contributed by atoms with Crippen LogP contribution >= 0.6 is 11.3 Å². The number of nitriles is 1. The van der Waals surface area contributed by atoms with Crippen LogP contribution in [-0.2, 0) is 0 Å². The van der Waals surface area contributed by atoms with E-state index >= 15 is 0 Å². The van der Waals surface area contributed by atoms with Gasteiger partial charge in [0.15, 0.2) is 5.82 Å². The summed E-state index contributed by atoms with van der Waals surface area (Å²) in [7, 11) is 0. The Morgan fingerprint density at radius 2 is 1.97 bits per heavy atom. The zero-order valence-corrected chi connectivity index (χ0v) is 20.8. The highest BCUT2D eigenvalue weighted by Crippen LogP contribution is 2.36. The van der Waals surface area contributed by atoms with Crippen molar-refractivity contribution in [2.75, 3.05) is 18.4 Å².